The van der Waals surface area contributed by atoms with Gasteiger partial charge in [0, 0.05) is 0 Å². The number of benzene rings is 1. The van der Waals surface area contributed by atoms with Crippen LogP contribution in [0.2, 0.25) is 0 Å². The van der Waals surface area contributed by atoms with Crippen LogP contribution in [0.4, 0.5) is 5.95 Å². The number of aliphatic hydroxyl groups is 3. The second kappa shape index (κ2) is 10.3. The van der Waals surface area contributed by atoms with Crippen molar-refractivity contribution in [2.75, 3.05) is 18.5 Å². The van der Waals surface area contributed by atoms with E-state index in [-0.39, 0.29) is 42.6 Å². The van der Waals surface area contributed by atoms with Crippen LogP contribution in [0.5, 0.6) is 11.6 Å². The summed E-state index contributed by atoms with van der Waals surface area (Å²) in [5.74, 6) is -0.663. The van der Waals surface area contributed by atoms with Gasteiger partial charge >= 0.3 is 0 Å². The molecule has 1 aliphatic rings. The summed E-state index contributed by atoms with van der Waals surface area (Å²) < 4.78 is 17.9. The Labute approximate surface area is 198 Å². The summed E-state index contributed by atoms with van der Waals surface area (Å²) in [6.07, 6.45) is -3.95. The zero-order valence-electron chi connectivity index (χ0n) is 18.3. The number of hydrogen-bond acceptors (Lipinski definition) is 11. The number of ether oxygens (including phenoxy) is 3. The van der Waals surface area contributed by atoms with Crippen molar-refractivity contribution in [1.29, 1.82) is 5.26 Å². The lowest BCUT2D eigenvalue weighted by molar-refractivity contribution is -0.118. The SMILES string of the molecule is C=C(O)[C@H]1O[C@@H](n2cnc3c(OCCC#N)nc(NC(=O)COc4ccccc4)nc32)[C@H](O)[C@@H]1O. The van der Waals surface area contributed by atoms with Crippen LogP contribution in [-0.2, 0) is 9.53 Å². The van der Waals surface area contributed by atoms with E-state index in [0.717, 1.165) is 0 Å². The number of nitriles is 1. The van der Waals surface area contributed by atoms with E-state index >= 15 is 0 Å². The average molecular weight is 482 g/mol. The predicted molar refractivity (Wildman–Crippen MR) is 119 cm³/mol. The molecule has 3 heterocycles. The van der Waals surface area contributed by atoms with Crippen molar-refractivity contribution < 1.29 is 34.3 Å². The number of rotatable bonds is 9. The van der Waals surface area contributed by atoms with Crippen LogP contribution < -0.4 is 14.8 Å². The molecule has 35 heavy (non-hydrogen) atoms. The van der Waals surface area contributed by atoms with Gasteiger partial charge in [0.1, 0.15) is 36.4 Å². The summed E-state index contributed by atoms with van der Waals surface area (Å²) in [6, 6.07) is 10.7. The zero-order chi connectivity index (χ0) is 24.9. The van der Waals surface area contributed by atoms with Crippen molar-refractivity contribution >= 4 is 23.0 Å². The molecule has 13 heteroatoms. The first-order valence-corrected chi connectivity index (χ1v) is 10.5. The number of anilines is 1. The van der Waals surface area contributed by atoms with Crippen molar-refractivity contribution in [3.8, 4) is 17.7 Å². The number of aromatic nitrogens is 4. The highest BCUT2D eigenvalue weighted by atomic mass is 16.6. The summed E-state index contributed by atoms with van der Waals surface area (Å²) in [4.78, 5) is 25.1. The average Bonchev–Trinajstić information content (AvgIpc) is 3.39. The number of para-hydroxylation sites is 1. The molecule has 0 bridgehead atoms. The van der Waals surface area contributed by atoms with E-state index in [1.165, 1.54) is 10.9 Å². The Morgan fingerprint density at radius 1 is 1.23 bits per heavy atom. The Morgan fingerprint density at radius 3 is 2.69 bits per heavy atom. The van der Waals surface area contributed by atoms with E-state index in [1.54, 1.807) is 24.3 Å². The van der Waals surface area contributed by atoms with E-state index in [4.69, 9.17) is 19.5 Å². The van der Waals surface area contributed by atoms with Crippen molar-refractivity contribution in [2.24, 2.45) is 0 Å². The number of imidazole rings is 1. The quantitative estimate of drug-likeness (QED) is 0.250. The molecule has 4 rings (SSSR count). The van der Waals surface area contributed by atoms with Gasteiger partial charge in [-0.1, -0.05) is 24.8 Å². The number of amides is 1. The van der Waals surface area contributed by atoms with E-state index in [1.807, 2.05) is 12.1 Å². The highest BCUT2D eigenvalue weighted by molar-refractivity contribution is 5.91. The molecule has 4 N–H and O–H groups in total. The first-order valence-electron chi connectivity index (χ1n) is 10.5. The lowest BCUT2D eigenvalue weighted by atomic mass is 10.1. The highest BCUT2D eigenvalue weighted by Gasteiger charge is 2.46. The van der Waals surface area contributed by atoms with Crippen molar-refractivity contribution in [3.05, 3.63) is 49.0 Å². The molecular formula is C22H22N6O7. The van der Waals surface area contributed by atoms with Crippen LogP contribution in [0, 0.1) is 11.3 Å². The number of nitrogens with zero attached hydrogens (tertiary/aromatic N) is 5. The fraction of sp³-hybridized carbons (Fsp3) is 0.318. The van der Waals surface area contributed by atoms with E-state index in [0.29, 0.717) is 5.75 Å². The third-order valence-corrected chi connectivity index (χ3v) is 5.05. The topological polar surface area (TPSA) is 185 Å². The first kappa shape index (κ1) is 23.9. The molecule has 1 aromatic carbocycles. The van der Waals surface area contributed by atoms with Crippen molar-refractivity contribution in [2.45, 2.75) is 31.0 Å². The second-order valence-electron chi connectivity index (χ2n) is 7.50. The minimum atomic E-state index is -1.45. The Balaban J connectivity index is 1.62. The zero-order valence-corrected chi connectivity index (χ0v) is 18.3. The molecule has 0 saturated carbocycles. The first-order chi connectivity index (χ1) is 16.9. The summed E-state index contributed by atoms with van der Waals surface area (Å²) in [5, 5.41) is 41.7. The molecule has 4 atom stereocenters. The van der Waals surface area contributed by atoms with E-state index in [9.17, 15) is 20.1 Å². The maximum atomic E-state index is 12.4. The molecular weight excluding hydrogens is 460 g/mol. The Morgan fingerprint density at radius 2 is 2.00 bits per heavy atom. The maximum Gasteiger partial charge on any atom is 0.264 e. The predicted octanol–water partition coefficient (Wildman–Crippen LogP) is 0.827. The summed E-state index contributed by atoms with van der Waals surface area (Å²) in [5.41, 5.74) is 0.268. The minimum absolute atomic E-state index is 0.00760. The lowest BCUT2D eigenvalue weighted by Crippen LogP contribution is -2.32. The van der Waals surface area contributed by atoms with Gasteiger partial charge < -0.3 is 29.5 Å². The van der Waals surface area contributed by atoms with Gasteiger partial charge in [-0.2, -0.15) is 15.2 Å². The number of hydrogen-bond donors (Lipinski definition) is 4. The largest absolute Gasteiger partial charge is 0.510 e. The lowest BCUT2D eigenvalue weighted by Gasteiger charge is -2.17. The second-order valence-corrected chi connectivity index (χ2v) is 7.50. The molecule has 3 aromatic rings. The van der Waals surface area contributed by atoms with Crippen molar-refractivity contribution in [3.63, 3.8) is 0 Å². The van der Waals surface area contributed by atoms with Gasteiger partial charge in [0.05, 0.1) is 18.8 Å². The van der Waals surface area contributed by atoms with Gasteiger partial charge in [-0.3, -0.25) is 14.7 Å². The Bertz CT molecular complexity index is 1260. The van der Waals surface area contributed by atoms with Crippen LogP contribution in [0.25, 0.3) is 11.2 Å². The molecule has 0 aliphatic carbocycles. The molecule has 0 radical (unpaired) electrons. The smallest absolute Gasteiger partial charge is 0.264 e. The normalized spacial score (nSPS) is 21.4. The van der Waals surface area contributed by atoms with Gasteiger partial charge in [-0.15, -0.1) is 0 Å². The molecule has 0 unspecified atom stereocenters. The standard InChI is InChI=1S/C22H22N6O7/c1-12(29)18-16(31)17(32)21(35-18)28-11-24-15-19(28)26-22(27-20(15)33-9-5-8-23)25-14(30)10-34-13-6-3-2-4-7-13/h2-4,6-7,11,16-18,21,29,31-32H,1,5,9-10H2,(H,25,26,27,30)/t16-,17+,18+,21+/m0/s1. The number of nitrogens with one attached hydrogen (secondary N) is 1. The van der Waals surface area contributed by atoms with Gasteiger partial charge in [0.2, 0.25) is 11.8 Å². The van der Waals surface area contributed by atoms with Gasteiger partial charge in [-0.05, 0) is 12.1 Å². The number of fused-ring (bicyclic) bond motifs is 1. The highest BCUT2D eigenvalue weighted by Crippen LogP contribution is 2.35. The van der Waals surface area contributed by atoms with Crippen LogP contribution in [-0.4, -0.2) is 72.3 Å². The third-order valence-electron chi connectivity index (χ3n) is 5.05. The van der Waals surface area contributed by atoms with Crippen LogP contribution >= 0.6 is 0 Å². The molecule has 1 fully saturated rings. The fourth-order valence-electron chi connectivity index (χ4n) is 3.42. The Hall–Kier alpha value is -4.25. The summed E-state index contributed by atoms with van der Waals surface area (Å²) in [7, 11) is 0. The monoisotopic (exact) mass is 482 g/mol. The van der Waals surface area contributed by atoms with Gasteiger partial charge in [-0.25, -0.2) is 4.98 Å². The van der Waals surface area contributed by atoms with Crippen LogP contribution in [0.3, 0.4) is 0 Å². The molecule has 1 saturated heterocycles. The molecule has 2 aromatic heterocycles. The Kier molecular flexibility index (Phi) is 7.06. The van der Waals surface area contributed by atoms with Gasteiger partial charge in [0.25, 0.3) is 5.91 Å². The molecule has 182 valence electrons. The third kappa shape index (κ3) is 5.14. The minimum Gasteiger partial charge on any atom is -0.510 e. The van der Waals surface area contributed by atoms with Crippen molar-refractivity contribution in [1.82, 2.24) is 19.5 Å². The van der Waals surface area contributed by atoms with Gasteiger partial charge in [0.15, 0.2) is 24.0 Å². The number of carbonyl (C=O) groups is 1. The maximum absolute atomic E-state index is 12.4. The number of carbonyl (C=O) groups excluding carboxylic acids is 1. The summed E-state index contributed by atoms with van der Waals surface area (Å²) in [6.45, 7) is 3.04. The van der Waals surface area contributed by atoms with Crippen LogP contribution in [0.15, 0.2) is 49.0 Å². The number of aliphatic hydroxyl groups excluding tert-OH is 3. The van der Waals surface area contributed by atoms with E-state index < -0.39 is 36.2 Å². The van der Waals surface area contributed by atoms with E-state index in [2.05, 4.69) is 26.8 Å². The molecule has 1 aliphatic heterocycles. The fourth-order valence-corrected chi connectivity index (χ4v) is 3.42. The summed E-state index contributed by atoms with van der Waals surface area (Å²) >= 11 is 0. The van der Waals surface area contributed by atoms with Crippen LogP contribution in [0.1, 0.15) is 12.6 Å². The molecule has 13 nitrogen and oxygen atoms in total. The molecule has 0 spiro atoms. The molecule has 1 amide bonds.